The second-order valence-electron chi connectivity index (χ2n) is 5.01. The molecular formula is C12H19ClN2. The van der Waals surface area contributed by atoms with Crippen LogP contribution in [0.2, 0.25) is 5.02 Å². The normalized spacial score (nSPS) is 13.7. The molecule has 0 saturated carbocycles. The fourth-order valence-corrected chi connectivity index (χ4v) is 1.16. The number of halogens is 1. The summed E-state index contributed by atoms with van der Waals surface area (Å²) < 4.78 is 0. The van der Waals surface area contributed by atoms with E-state index < -0.39 is 0 Å². The Labute approximate surface area is 97.1 Å². The summed E-state index contributed by atoms with van der Waals surface area (Å²) in [5.74, 6) is 1.48. The van der Waals surface area contributed by atoms with E-state index in [2.05, 4.69) is 38.0 Å². The Morgan fingerprint density at radius 2 is 2.07 bits per heavy atom. The second kappa shape index (κ2) is 4.84. The van der Waals surface area contributed by atoms with Gasteiger partial charge in [-0.15, -0.1) is 0 Å². The lowest BCUT2D eigenvalue weighted by atomic mass is 9.82. The summed E-state index contributed by atoms with van der Waals surface area (Å²) in [7, 11) is 0. The zero-order chi connectivity index (χ0) is 11.5. The predicted molar refractivity (Wildman–Crippen MR) is 66.4 cm³/mol. The molecule has 0 spiro atoms. The van der Waals surface area contributed by atoms with E-state index in [9.17, 15) is 0 Å². The van der Waals surface area contributed by atoms with Crippen LogP contribution in [0.3, 0.4) is 0 Å². The summed E-state index contributed by atoms with van der Waals surface area (Å²) in [4.78, 5) is 4.19. The van der Waals surface area contributed by atoms with E-state index in [-0.39, 0.29) is 0 Å². The number of nitrogens with zero attached hydrogens (tertiary/aromatic N) is 1. The van der Waals surface area contributed by atoms with Gasteiger partial charge in [-0.25, -0.2) is 4.98 Å². The summed E-state index contributed by atoms with van der Waals surface area (Å²) in [6.07, 6.45) is 1.66. The van der Waals surface area contributed by atoms with Gasteiger partial charge in [-0.05, 0) is 23.5 Å². The van der Waals surface area contributed by atoms with Gasteiger partial charge in [-0.3, -0.25) is 0 Å². The first-order valence-electron chi connectivity index (χ1n) is 5.25. The molecule has 3 heteroatoms. The van der Waals surface area contributed by atoms with Gasteiger partial charge in [0.1, 0.15) is 5.82 Å². The predicted octanol–water partition coefficient (Wildman–Crippen LogP) is 3.83. The molecule has 1 aromatic heterocycles. The maximum atomic E-state index is 5.76. The van der Waals surface area contributed by atoms with Crippen LogP contribution in [0.25, 0.3) is 0 Å². The average molecular weight is 227 g/mol. The number of rotatable bonds is 3. The van der Waals surface area contributed by atoms with Gasteiger partial charge in [-0.2, -0.15) is 0 Å². The quantitative estimate of drug-likeness (QED) is 0.848. The van der Waals surface area contributed by atoms with Gasteiger partial charge in [0.25, 0.3) is 0 Å². The SMILES string of the molecule is CC(CNc1ccc(Cl)cn1)C(C)(C)C. The van der Waals surface area contributed by atoms with Crippen LogP contribution in [0, 0.1) is 11.3 Å². The van der Waals surface area contributed by atoms with Gasteiger partial charge >= 0.3 is 0 Å². The molecular weight excluding hydrogens is 208 g/mol. The Bertz CT molecular complexity index is 300. The smallest absolute Gasteiger partial charge is 0.125 e. The van der Waals surface area contributed by atoms with Crippen molar-refractivity contribution in [3.05, 3.63) is 23.4 Å². The Morgan fingerprint density at radius 3 is 2.53 bits per heavy atom. The molecule has 0 radical (unpaired) electrons. The minimum Gasteiger partial charge on any atom is -0.370 e. The summed E-state index contributed by atoms with van der Waals surface area (Å²) in [5.41, 5.74) is 0.319. The van der Waals surface area contributed by atoms with Gasteiger partial charge < -0.3 is 5.32 Å². The maximum absolute atomic E-state index is 5.76. The van der Waals surface area contributed by atoms with Gasteiger partial charge in [0.05, 0.1) is 5.02 Å². The molecule has 1 heterocycles. The van der Waals surface area contributed by atoms with E-state index >= 15 is 0 Å². The number of anilines is 1. The lowest BCUT2D eigenvalue weighted by molar-refractivity contribution is 0.274. The number of pyridine rings is 1. The van der Waals surface area contributed by atoms with Crippen molar-refractivity contribution >= 4 is 17.4 Å². The Kier molecular flexibility index (Phi) is 3.97. The van der Waals surface area contributed by atoms with Crippen LogP contribution in [0.4, 0.5) is 5.82 Å². The fourth-order valence-electron chi connectivity index (χ4n) is 1.04. The second-order valence-corrected chi connectivity index (χ2v) is 5.45. The van der Waals surface area contributed by atoms with E-state index in [1.165, 1.54) is 0 Å². The van der Waals surface area contributed by atoms with Gasteiger partial charge in [0.15, 0.2) is 0 Å². The molecule has 0 aliphatic heterocycles. The summed E-state index contributed by atoms with van der Waals surface area (Å²) in [6.45, 7) is 9.90. The molecule has 2 nitrogen and oxygen atoms in total. The first-order chi connectivity index (χ1) is 6.89. The third-order valence-corrected chi connectivity index (χ3v) is 3.02. The van der Waals surface area contributed by atoms with Crippen molar-refractivity contribution in [3.63, 3.8) is 0 Å². The van der Waals surface area contributed by atoms with Crippen molar-refractivity contribution < 1.29 is 0 Å². The first-order valence-corrected chi connectivity index (χ1v) is 5.63. The van der Waals surface area contributed by atoms with Gasteiger partial charge in [0, 0.05) is 12.7 Å². The first kappa shape index (κ1) is 12.3. The molecule has 0 saturated heterocycles. The van der Waals surface area contributed by atoms with Crippen LogP contribution in [-0.2, 0) is 0 Å². The average Bonchev–Trinajstić information content (AvgIpc) is 2.15. The molecule has 1 atom stereocenters. The molecule has 0 bridgehead atoms. The molecule has 1 aromatic rings. The number of hydrogen-bond donors (Lipinski definition) is 1. The van der Waals surface area contributed by atoms with Crippen LogP contribution in [0.5, 0.6) is 0 Å². The monoisotopic (exact) mass is 226 g/mol. The van der Waals surface area contributed by atoms with E-state index in [1.807, 2.05) is 12.1 Å². The van der Waals surface area contributed by atoms with E-state index in [4.69, 9.17) is 11.6 Å². The van der Waals surface area contributed by atoms with E-state index in [0.717, 1.165) is 12.4 Å². The standard InChI is InChI=1S/C12H19ClN2/c1-9(12(2,3)4)7-14-11-6-5-10(13)8-15-11/h5-6,8-9H,7H2,1-4H3,(H,14,15). The summed E-state index contributed by atoms with van der Waals surface area (Å²) in [5, 5.41) is 3.98. The molecule has 1 N–H and O–H groups in total. The highest BCUT2D eigenvalue weighted by molar-refractivity contribution is 6.30. The van der Waals surface area contributed by atoms with Crippen molar-refractivity contribution in [1.82, 2.24) is 4.98 Å². The van der Waals surface area contributed by atoms with Crippen molar-refractivity contribution in [1.29, 1.82) is 0 Å². The van der Waals surface area contributed by atoms with Crippen molar-refractivity contribution in [2.45, 2.75) is 27.7 Å². The lowest BCUT2D eigenvalue weighted by Crippen LogP contribution is -2.25. The largest absolute Gasteiger partial charge is 0.370 e. The van der Waals surface area contributed by atoms with Gasteiger partial charge in [0.2, 0.25) is 0 Å². The van der Waals surface area contributed by atoms with Crippen LogP contribution < -0.4 is 5.32 Å². The maximum Gasteiger partial charge on any atom is 0.125 e. The molecule has 0 aliphatic carbocycles. The molecule has 84 valence electrons. The van der Waals surface area contributed by atoms with Crippen molar-refractivity contribution in [2.24, 2.45) is 11.3 Å². The Hall–Kier alpha value is -0.760. The topological polar surface area (TPSA) is 24.9 Å². The molecule has 0 aliphatic rings. The van der Waals surface area contributed by atoms with Gasteiger partial charge in [-0.1, -0.05) is 39.3 Å². The van der Waals surface area contributed by atoms with Crippen LogP contribution >= 0.6 is 11.6 Å². The Balaban J connectivity index is 2.47. The van der Waals surface area contributed by atoms with Crippen LogP contribution in [0.15, 0.2) is 18.3 Å². The minimum absolute atomic E-state index is 0.319. The van der Waals surface area contributed by atoms with Crippen LogP contribution in [0.1, 0.15) is 27.7 Å². The molecule has 1 unspecified atom stereocenters. The highest BCUT2D eigenvalue weighted by Crippen LogP contribution is 2.25. The zero-order valence-electron chi connectivity index (χ0n) is 9.84. The molecule has 15 heavy (non-hydrogen) atoms. The summed E-state index contributed by atoms with van der Waals surface area (Å²) in [6, 6.07) is 3.75. The van der Waals surface area contributed by atoms with Crippen molar-refractivity contribution in [2.75, 3.05) is 11.9 Å². The van der Waals surface area contributed by atoms with E-state index in [0.29, 0.717) is 16.4 Å². The number of hydrogen-bond acceptors (Lipinski definition) is 2. The van der Waals surface area contributed by atoms with Crippen LogP contribution in [-0.4, -0.2) is 11.5 Å². The van der Waals surface area contributed by atoms with Crippen molar-refractivity contribution in [3.8, 4) is 0 Å². The number of aromatic nitrogens is 1. The highest BCUT2D eigenvalue weighted by atomic mass is 35.5. The lowest BCUT2D eigenvalue weighted by Gasteiger charge is -2.27. The highest BCUT2D eigenvalue weighted by Gasteiger charge is 2.19. The third-order valence-electron chi connectivity index (χ3n) is 2.80. The third kappa shape index (κ3) is 4.08. The van der Waals surface area contributed by atoms with E-state index in [1.54, 1.807) is 6.20 Å². The Morgan fingerprint density at radius 1 is 1.40 bits per heavy atom. The molecule has 1 rings (SSSR count). The molecule has 0 aromatic carbocycles. The molecule has 0 fully saturated rings. The minimum atomic E-state index is 0.319. The number of nitrogens with one attached hydrogen (secondary N) is 1. The zero-order valence-corrected chi connectivity index (χ0v) is 10.6. The fraction of sp³-hybridized carbons (Fsp3) is 0.583. The molecule has 0 amide bonds. The summed E-state index contributed by atoms with van der Waals surface area (Å²) >= 11 is 5.76.